The highest BCUT2D eigenvalue weighted by atomic mass is 32.2. The topological polar surface area (TPSA) is 84.8 Å². The zero-order valence-corrected chi connectivity index (χ0v) is 13.8. The minimum absolute atomic E-state index is 0.148. The summed E-state index contributed by atoms with van der Waals surface area (Å²) in [7, 11) is -3.60. The predicted molar refractivity (Wildman–Crippen MR) is 90.4 cm³/mol. The Morgan fingerprint density at radius 3 is 2.25 bits per heavy atom. The fourth-order valence-electron chi connectivity index (χ4n) is 2.29. The van der Waals surface area contributed by atoms with Crippen molar-refractivity contribution >= 4 is 10.0 Å². The largest absolute Gasteiger partial charge is 0.263 e. The van der Waals surface area contributed by atoms with Crippen LogP contribution in [-0.2, 0) is 10.0 Å². The molecule has 0 fully saturated rings. The Labute approximate surface area is 140 Å². The van der Waals surface area contributed by atoms with E-state index in [9.17, 15) is 8.42 Å². The van der Waals surface area contributed by atoms with Gasteiger partial charge in [-0.1, -0.05) is 24.3 Å². The quantitative estimate of drug-likeness (QED) is 0.771. The van der Waals surface area contributed by atoms with Crippen molar-refractivity contribution in [3.8, 4) is 11.1 Å². The summed E-state index contributed by atoms with van der Waals surface area (Å²) in [5.74, 6) is 0. The minimum atomic E-state index is -3.60. The van der Waals surface area contributed by atoms with Crippen molar-refractivity contribution in [2.24, 2.45) is 0 Å². The summed E-state index contributed by atoms with van der Waals surface area (Å²) in [5.41, 5.74) is 2.75. The van der Waals surface area contributed by atoms with Crippen molar-refractivity contribution in [3.63, 3.8) is 0 Å². The van der Waals surface area contributed by atoms with Crippen molar-refractivity contribution < 1.29 is 8.42 Å². The maximum Gasteiger partial charge on any atom is 0.242 e. The number of hydrogen-bond donors (Lipinski definition) is 1. The molecule has 0 spiro atoms. The van der Waals surface area contributed by atoms with Crippen molar-refractivity contribution in [2.45, 2.75) is 17.9 Å². The second-order valence-corrected chi connectivity index (χ2v) is 6.99. The second kappa shape index (κ2) is 6.86. The third-order valence-electron chi connectivity index (χ3n) is 3.58. The highest BCUT2D eigenvalue weighted by Gasteiger charge is 2.18. The first kappa shape index (κ1) is 16.2. The SMILES string of the molecule is C[C@@H](NS(=O)(=O)c1cccnc1)c1ccc(-c2cncnc2)cc1. The summed E-state index contributed by atoms with van der Waals surface area (Å²) in [6, 6.07) is 10.4. The third kappa shape index (κ3) is 3.64. The van der Waals surface area contributed by atoms with Gasteiger partial charge in [-0.25, -0.2) is 23.1 Å². The van der Waals surface area contributed by atoms with Gasteiger partial charge in [0.2, 0.25) is 10.0 Å². The smallest absolute Gasteiger partial charge is 0.242 e. The van der Waals surface area contributed by atoms with Gasteiger partial charge in [-0.05, 0) is 30.2 Å². The number of aromatic nitrogens is 3. The van der Waals surface area contributed by atoms with Crippen molar-refractivity contribution in [1.29, 1.82) is 0 Å². The fraction of sp³-hybridized carbons (Fsp3) is 0.118. The van der Waals surface area contributed by atoms with Crippen LogP contribution in [0.5, 0.6) is 0 Å². The van der Waals surface area contributed by atoms with Crippen molar-refractivity contribution in [2.75, 3.05) is 0 Å². The van der Waals surface area contributed by atoms with Gasteiger partial charge in [0.05, 0.1) is 0 Å². The van der Waals surface area contributed by atoms with E-state index in [2.05, 4.69) is 19.7 Å². The molecule has 7 heteroatoms. The summed E-state index contributed by atoms with van der Waals surface area (Å²) in [6.07, 6.45) is 7.81. The van der Waals surface area contributed by atoms with Crippen LogP contribution < -0.4 is 4.72 Å². The summed E-state index contributed by atoms with van der Waals surface area (Å²) in [6.45, 7) is 1.80. The van der Waals surface area contributed by atoms with Crippen LogP contribution in [0.25, 0.3) is 11.1 Å². The molecule has 0 amide bonds. The lowest BCUT2D eigenvalue weighted by atomic mass is 10.0. The molecule has 0 radical (unpaired) electrons. The fourth-order valence-corrected chi connectivity index (χ4v) is 3.48. The molecule has 2 aromatic heterocycles. The molecule has 0 bridgehead atoms. The molecule has 24 heavy (non-hydrogen) atoms. The summed E-state index contributed by atoms with van der Waals surface area (Å²) in [4.78, 5) is 12.0. The summed E-state index contributed by atoms with van der Waals surface area (Å²) in [5, 5.41) is 0. The van der Waals surface area contributed by atoms with Gasteiger partial charge in [0.1, 0.15) is 11.2 Å². The van der Waals surface area contributed by atoms with E-state index in [0.29, 0.717) is 0 Å². The lowest BCUT2D eigenvalue weighted by Crippen LogP contribution is -2.26. The molecule has 3 aromatic rings. The highest BCUT2D eigenvalue weighted by Crippen LogP contribution is 2.21. The molecule has 1 aromatic carbocycles. The van der Waals surface area contributed by atoms with Gasteiger partial charge in [0.25, 0.3) is 0 Å². The highest BCUT2D eigenvalue weighted by molar-refractivity contribution is 7.89. The summed E-state index contributed by atoms with van der Waals surface area (Å²) < 4.78 is 27.3. The molecule has 0 saturated carbocycles. The van der Waals surface area contributed by atoms with E-state index in [-0.39, 0.29) is 10.9 Å². The number of rotatable bonds is 5. The first-order valence-electron chi connectivity index (χ1n) is 7.34. The van der Waals surface area contributed by atoms with Crippen LogP contribution in [0.3, 0.4) is 0 Å². The van der Waals surface area contributed by atoms with Gasteiger partial charge in [0.15, 0.2) is 0 Å². The van der Waals surface area contributed by atoms with Gasteiger partial charge >= 0.3 is 0 Å². The van der Waals surface area contributed by atoms with E-state index in [0.717, 1.165) is 16.7 Å². The van der Waals surface area contributed by atoms with Crippen molar-refractivity contribution in [1.82, 2.24) is 19.7 Å². The number of nitrogens with zero attached hydrogens (tertiary/aromatic N) is 3. The first-order valence-corrected chi connectivity index (χ1v) is 8.82. The van der Waals surface area contributed by atoms with E-state index in [1.54, 1.807) is 25.4 Å². The predicted octanol–water partition coefficient (Wildman–Crippen LogP) is 2.58. The first-order chi connectivity index (χ1) is 11.6. The monoisotopic (exact) mass is 340 g/mol. The Balaban J connectivity index is 1.77. The molecule has 122 valence electrons. The number of sulfonamides is 1. The molecule has 2 heterocycles. The second-order valence-electron chi connectivity index (χ2n) is 5.28. The summed E-state index contributed by atoms with van der Waals surface area (Å²) >= 11 is 0. The average Bonchev–Trinajstić information content (AvgIpc) is 2.63. The molecular formula is C17H16N4O2S. The number of hydrogen-bond acceptors (Lipinski definition) is 5. The van der Waals surface area contributed by atoms with Crippen LogP contribution in [0, 0.1) is 0 Å². The molecule has 0 aliphatic heterocycles. The van der Waals surface area contributed by atoms with E-state index in [1.165, 1.54) is 24.8 Å². The van der Waals surface area contributed by atoms with Gasteiger partial charge in [-0.15, -0.1) is 0 Å². The number of pyridine rings is 1. The number of benzene rings is 1. The molecule has 3 rings (SSSR count). The van der Waals surface area contributed by atoms with Crippen LogP contribution in [0.4, 0.5) is 0 Å². The molecule has 1 atom stereocenters. The van der Waals surface area contributed by atoms with E-state index in [4.69, 9.17) is 0 Å². The lowest BCUT2D eigenvalue weighted by molar-refractivity contribution is 0.566. The van der Waals surface area contributed by atoms with Crippen LogP contribution in [-0.4, -0.2) is 23.4 Å². The van der Waals surface area contributed by atoms with E-state index < -0.39 is 10.0 Å². The Morgan fingerprint density at radius 1 is 0.917 bits per heavy atom. The standard InChI is InChI=1S/C17H16N4O2S/c1-13(21-24(22,23)17-3-2-8-18-11-17)14-4-6-15(7-5-14)16-9-19-12-20-10-16/h2-13,21H,1H3/t13-/m1/s1. The molecule has 0 unspecified atom stereocenters. The normalized spacial score (nSPS) is 12.7. The Morgan fingerprint density at radius 2 is 1.62 bits per heavy atom. The van der Waals surface area contributed by atoms with E-state index >= 15 is 0 Å². The Kier molecular flexibility index (Phi) is 4.64. The Hall–Kier alpha value is -2.64. The third-order valence-corrected chi connectivity index (χ3v) is 5.11. The minimum Gasteiger partial charge on any atom is -0.263 e. The van der Waals surface area contributed by atoms with Gasteiger partial charge in [0, 0.05) is 36.4 Å². The molecular weight excluding hydrogens is 324 g/mol. The zero-order valence-electron chi connectivity index (χ0n) is 13.0. The van der Waals surface area contributed by atoms with Crippen LogP contribution in [0.1, 0.15) is 18.5 Å². The van der Waals surface area contributed by atoms with Crippen LogP contribution >= 0.6 is 0 Å². The molecule has 6 nitrogen and oxygen atoms in total. The lowest BCUT2D eigenvalue weighted by Gasteiger charge is -2.15. The molecule has 1 N–H and O–H groups in total. The van der Waals surface area contributed by atoms with Gasteiger partial charge < -0.3 is 0 Å². The molecule has 0 aliphatic rings. The maximum atomic E-state index is 12.3. The van der Waals surface area contributed by atoms with Crippen LogP contribution in [0.2, 0.25) is 0 Å². The maximum absolute atomic E-state index is 12.3. The molecule has 0 aliphatic carbocycles. The van der Waals surface area contributed by atoms with E-state index in [1.807, 2.05) is 24.3 Å². The van der Waals surface area contributed by atoms with Crippen LogP contribution in [0.15, 0.2) is 72.4 Å². The van der Waals surface area contributed by atoms with Gasteiger partial charge in [-0.2, -0.15) is 0 Å². The molecule has 0 saturated heterocycles. The van der Waals surface area contributed by atoms with Gasteiger partial charge in [-0.3, -0.25) is 4.98 Å². The zero-order chi connectivity index (χ0) is 17.0. The average molecular weight is 340 g/mol. The number of nitrogens with one attached hydrogen (secondary N) is 1. The van der Waals surface area contributed by atoms with Crippen molar-refractivity contribution in [3.05, 3.63) is 73.1 Å². The Bertz CT molecular complexity index is 898.